The van der Waals surface area contributed by atoms with Crippen molar-refractivity contribution in [3.05, 3.63) is 9.81 Å². The van der Waals surface area contributed by atoms with E-state index in [4.69, 9.17) is 0 Å². The van der Waals surface area contributed by atoms with Crippen LogP contribution in [-0.2, 0) is 4.79 Å². The van der Waals surface area contributed by atoms with Crippen molar-refractivity contribution >= 4 is 17.7 Å². The number of hydrogen-bond donors (Lipinski definition) is 1. The molecule has 6 nitrogen and oxygen atoms in total. The van der Waals surface area contributed by atoms with Crippen LogP contribution in [0.3, 0.4) is 0 Å². The molecule has 0 fully saturated rings. The first kappa shape index (κ1) is 16.0. The molecule has 0 aliphatic rings. The number of rotatable bonds is 9. The van der Waals surface area contributed by atoms with Crippen LogP contribution in [0.1, 0.15) is 33.6 Å². The van der Waals surface area contributed by atoms with Gasteiger partial charge in [-0.05, 0) is 26.0 Å². The zero-order valence-corrected chi connectivity index (χ0v) is 11.2. The summed E-state index contributed by atoms with van der Waals surface area (Å²) < 4.78 is 0. The van der Waals surface area contributed by atoms with Crippen molar-refractivity contribution in [2.45, 2.75) is 51.1 Å². The summed E-state index contributed by atoms with van der Waals surface area (Å²) in [6, 6.07) is -1.34. The Kier molecular flexibility index (Phi) is 8.57. The van der Waals surface area contributed by atoms with Gasteiger partial charge in [0.15, 0.2) is 5.37 Å². The molecule has 1 N–H and O–H groups in total. The van der Waals surface area contributed by atoms with Crippen LogP contribution in [0.25, 0.3) is 0 Å². The minimum absolute atomic E-state index is 0.0975. The summed E-state index contributed by atoms with van der Waals surface area (Å²) in [4.78, 5) is 32.9. The van der Waals surface area contributed by atoms with Gasteiger partial charge in [0, 0.05) is 6.04 Å². The van der Waals surface area contributed by atoms with Crippen LogP contribution in [0.4, 0.5) is 0 Å². The van der Waals surface area contributed by atoms with Crippen molar-refractivity contribution in [1.82, 2.24) is 5.32 Å². The molecule has 7 heteroatoms. The molecule has 0 bridgehead atoms. The molecule has 1 amide bonds. The normalized spacial score (nSPS) is 14.1. The van der Waals surface area contributed by atoms with Gasteiger partial charge in [0.25, 0.3) is 5.91 Å². The molecule has 17 heavy (non-hydrogen) atoms. The Balaban J connectivity index is 4.41. The highest BCUT2D eigenvalue weighted by Crippen LogP contribution is 2.20. The lowest BCUT2D eigenvalue weighted by Crippen LogP contribution is -2.42. The van der Waals surface area contributed by atoms with Crippen molar-refractivity contribution in [2.24, 2.45) is 10.4 Å². The summed E-state index contributed by atoms with van der Waals surface area (Å²) in [6.45, 7) is 5.56. The van der Waals surface area contributed by atoms with Crippen LogP contribution in [0.15, 0.2) is 10.4 Å². The SMILES string of the molecule is CCCCSC(N=O)C(N=O)C(=O)NC(C)C. The van der Waals surface area contributed by atoms with Gasteiger partial charge in [-0.2, -0.15) is 0 Å². The van der Waals surface area contributed by atoms with E-state index in [-0.39, 0.29) is 6.04 Å². The fourth-order valence-corrected chi connectivity index (χ4v) is 2.24. The topological polar surface area (TPSA) is 88.0 Å². The third-order valence-corrected chi connectivity index (χ3v) is 3.18. The lowest BCUT2D eigenvalue weighted by molar-refractivity contribution is -0.122. The fourth-order valence-electron chi connectivity index (χ4n) is 1.13. The first-order chi connectivity index (χ1) is 8.06. The molecule has 0 aromatic rings. The van der Waals surface area contributed by atoms with Crippen molar-refractivity contribution < 1.29 is 4.79 Å². The smallest absolute Gasteiger partial charge is 0.251 e. The number of thioether (sulfide) groups is 1. The van der Waals surface area contributed by atoms with E-state index in [1.165, 1.54) is 11.8 Å². The number of hydrogen-bond acceptors (Lipinski definition) is 6. The second-order valence-corrected chi connectivity index (χ2v) is 5.16. The van der Waals surface area contributed by atoms with Gasteiger partial charge in [0.2, 0.25) is 6.04 Å². The van der Waals surface area contributed by atoms with Crippen LogP contribution >= 0.6 is 11.8 Å². The third kappa shape index (κ3) is 6.35. The molecule has 0 aromatic heterocycles. The predicted octanol–water partition coefficient (Wildman–Crippen LogP) is 2.27. The number of amides is 1. The summed E-state index contributed by atoms with van der Waals surface area (Å²) in [5.41, 5.74) is 0. The molecule has 0 saturated heterocycles. The van der Waals surface area contributed by atoms with Crippen LogP contribution in [0.5, 0.6) is 0 Å². The number of nitrogens with one attached hydrogen (secondary N) is 1. The Bertz CT molecular complexity index is 261. The maximum Gasteiger partial charge on any atom is 0.251 e. The van der Waals surface area contributed by atoms with E-state index in [1.807, 2.05) is 6.92 Å². The molecule has 0 rings (SSSR count). The molecule has 0 aromatic carbocycles. The van der Waals surface area contributed by atoms with Gasteiger partial charge in [-0.15, -0.1) is 21.6 Å². The molecular formula is C10H19N3O3S. The Morgan fingerprint density at radius 2 is 1.94 bits per heavy atom. The van der Waals surface area contributed by atoms with Crippen molar-refractivity contribution in [3.8, 4) is 0 Å². The lowest BCUT2D eigenvalue weighted by Gasteiger charge is -2.16. The second-order valence-electron chi connectivity index (χ2n) is 3.93. The molecule has 98 valence electrons. The second kappa shape index (κ2) is 9.09. The highest BCUT2D eigenvalue weighted by molar-refractivity contribution is 7.99. The highest BCUT2D eigenvalue weighted by Gasteiger charge is 2.31. The van der Waals surface area contributed by atoms with Gasteiger partial charge in [-0.1, -0.05) is 23.7 Å². The average Bonchev–Trinajstić information content (AvgIpc) is 2.27. The van der Waals surface area contributed by atoms with Gasteiger partial charge in [-0.25, -0.2) is 0 Å². The predicted molar refractivity (Wildman–Crippen MR) is 69.8 cm³/mol. The van der Waals surface area contributed by atoms with E-state index < -0.39 is 17.3 Å². The molecule has 0 heterocycles. The summed E-state index contributed by atoms with van der Waals surface area (Å²) in [5, 5.41) is 7.15. The molecule has 0 saturated carbocycles. The molecule has 0 aliphatic carbocycles. The first-order valence-corrected chi connectivity index (χ1v) is 6.68. The maximum absolute atomic E-state index is 11.6. The zero-order valence-electron chi connectivity index (χ0n) is 10.4. The minimum atomic E-state index is -1.24. The summed E-state index contributed by atoms with van der Waals surface area (Å²) in [5.74, 6) is 0.150. The van der Waals surface area contributed by atoms with Crippen LogP contribution in [0.2, 0.25) is 0 Å². The molecular weight excluding hydrogens is 242 g/mol. The van der Waals surface area contributed by atoms with E-state index in [0.717, 1.165) is 12.8 Å². The number of carbonyl (C=O) groups excluding carboxylic acids is 1. The van der Waals surface area contributed by atoms with Gasteiger partial charge in [-0.3, -0.25) is 4.79 Å². The van der Waals surface area contributed by atoms with E-state index in [9.17, 15) is 14.6 Å². The van der Waals surface area contributed by atoms with Crippen molar-refractivity contribution in [1.29, 1.82) is 0 Å². The van der Waals surface area contributed by atoms with Crippen LogP contribution in [0, 0.1) is 9.81 Å². The van der Waals surface area contributed by atoms with Crippen LogP contribution in [-0.4, -0.2) is 29.1 Å². The van der Waals surface area contributed by atoms with E-state index in [1.54, 1.807) is 13.8 Å². The Morgan fingerprint density at radius 1 is 1.29 bits per heavy atom. The minimum Gasteiger partial charge on any atom is -0.352 e. The molecule has 0 spiro atoms. The third-order valence-electron chi connectivity index (χ3n) is 1.97. The Labute approximate surface area is 105 Å². The Morgan fingerprint density at radius 3 is 2.35 bits per heavy atom. The molecule has 0 aliphatic heterocycles. The summed E-state index contributed by atoms with van der Waals surface area (Å²) in [7, 11) is 0. The highest BCUT2D eigenvalue weighted by atomic mass is 32.2. The molecule has 0 radical (unpaired) electrons. The van der Waals surface area contributed by atoms with Gasteiger partial charge < -0.3 is 5.32 Å². The first-order valence-electron chi connectivity index (χ1n) is 5.63. The zero-order chi connectivity index (χ0) is 13.3. The maximum atomic E-state index is 11.6. The lowest BCUT2D eigenvalue weighted by atomic mass is 10.2. The summed E-state index contributed by atoms with van der Waals surface area (Å²) >= 11 is 1.20. The quantitative estimate of drug-likeness (QED) is 0.509. The number of unbranched alkanes of at least 4 members (excludes halogenated alkanes) is 1. The van der Waals surface area contributed by atoms with E-state index in [2.05, 4.69) is 15.7 Å². The van der Waals surface area contributed by atoms with Gasteiger partial charge in [0.1, 0.15) is 0 Å². The van der Waals surface area contributed by atoms with Gasteiger partial charge >= 0.3 is 0 Å². The average molecular weight is 261 g/mol. The van der Waals surface area contributed by atoms with E-state index >= 15 is 0 Å². The van der Waals surface area contributed by atoms with E-state index in [0.29, 0.717) is 5.75 Å². The van der Waals surface area contributed by atoms with Crippen LogP contribution < -0.4 is 5.32 Å². The number of nitroso groups, excluding NO2 is 2. The largest absolute Gasteiger partial charge is 0.352 e. The fraction of sp³-hybridized carbons (Fsp3) is 0.900. The number of carbonyl (C=O) groups is 1. The standard InChI is InChI=1S/C10H19N3O3S/c1-4-5-6-17-10(13-16)8(12-15)9(14)11-7(2)3/h7-8,10H,4-6H2,1-3H3,(H,11,14). The monoisotopic (exact) mass is 261 g/mol. The Hall–Kier alpha value is -0.980. The van der Waals surface area contributed by atoms with Crippen molar-refractivity contribution in [2.75, 3.05) is 5.75 Å². The molecule has 2 atom stereocenters. The van der Waals surface area contributed by atoms with Crippen molar-refractivity contribution in [3.63, 3.8) is 0 Å². The molecule has 2 unspecified atom stereocenters. The van der Waals surface area contributed by atoms with Gasteiger partial charge in [0.05, 0.1) is 0 Å². The number of nitrogens with zero attached hydrogens (tertiary/aromatic N) is 2. The summed E-state index contributed by atoms with van der Waals surface area (Å²) in [6.07, 6.45) is 1.89.